The molecule has 0 saturated carbocycles. The van der Waals surface area contributed by atoms with Gasteiger partial charge in [0, 0.05) is 20.8 Å². The maximum Gasteiger partial charge on any atom is 0.303 e. The first kappa shape index (κ1) is 26.0. The van der Waals surface area contributed by atoms with Gasteiger partial charge in [0.2, 0.25) is 6.80 Å². The fourth-order valence-electron chi connectivity index (χ4n) is 2.33. The minimum absolute atomic E-state index is 0. The summed E-state index contributed by atoms with van der Waals surface area (Å²) in [6, 6.07) is 0. The fourth-order valence-corrected chi connectivity index (χ4v) is 2.33. The second-order valence-electron chi connectivity index (χ2n) is 6.65. The molecule has 1 rings (SSSR count). The number of hydrogen-bond acceptors (Lipinski definition) is 8. The van der Waals surface area contributed by atoms with Crippen molar-refractivity contribution in [3.8, 4) is 0 Å². The summed E-state index contributed by atoms with van der Waals surface area (Å²) in [6.45, 7) is 3.33. The molecule has 158 valence electrons. The molecule has 0 aliphatic carbocycles. The number of esters is 3. The zero-order valence-electron chi connectivity index (χ0n) is 16.1. The Morgan fingerprint density at radius 2 is 1.52 bits per heavy atom. The largest absolute Gasteiger partial charge is 1.00 e. The molecule has 0 radical (unpaired) electrons. The number of likely N-dealkylation sites (N-methyl/N-ethyl adjacent to an activating group) is 1. The average molecular weight is 507 g/mol. The van der Waals surface area contributed by atoms with E-state index in [0.717, 1.165) is 0 Å². The van der Waals surface area contributed by atoms with E-state index in [-0.39, 0.29) is 41.7 Å². The Hall–Kier alpha value is -1.05. The number of carbonyl (C=O) groups is 3. The predicted molar refractivity (Wildman–Crippen MR) is 85.3 cm³/mol. The Morgan fingerprint density at radius 3 is 2.00 bits per heavy atom. The highest BCUT2D eigenvalue weighted by atomic mass is 127. The van der Waals surface area contributed by atoms with Gasteiger partial charge in [-0.3, -0.25) is 14.4 Å². The van der Waals surface area contributed by atoms with E-state index < -0.39 is 49.3 Å². The van der Waals surface area contributed by atoms with Gasteiger partial charge < -0.3 is 52.1 Å². The van der Waals surface area contributed by atoms with Crippen LogP contribution in [0.4, 0.5) is 4.39 Å². The van der Waals surface area contributed by atoms with Crippen LogP contribution in [-0.2, 0) is 38.1 Å². The number of alkyl halides is 1. The van der Waals surface area contributed by atoms with Gasteiger partial charge in [-0.25, -0.2) is 0 Å². The first-order chi connectivity index (χ1) is 12.1. The second-order valence-corrected chi connectivity index (χ2v) is 6.65. The van der Waals surface area contributed by atoms with Crippen molar-refractivity contribution in [3.05, 3.63) is 0 Å². The van der Waals surface area contributed by atoms with Crippen LogP contribution in [-0.4, -0.2) is 87.6 Å². The lowest BCUT2D eigenvalue weighted by Gasteiger charge is -2.40. The van der Waals surface area contributed by atoms with Crippen molar-refractivity contribution < 1.29 is 70.9 Å². The third-order valence-corrected chi connectivity index (χ3v) is 3.61. The van der Waals surface area contributed by atoms with Gasteiger partial charge in [0.05, 0.1) is 27.3 Å². The van der Waals surface area contributed by atoms with E-state index in [9.17, 15) is 18.8 Å². The fraction of sp³-hybridized carbons (Fsp3) is 0.812. The van der Waals surface area contributed by atoms with Crippen LogP contribution in [0.15, 0.2) is 0 Å². The Labute approximate surface area is 175 Å². The molecule has 9 nitrogen and oxygen atoms in total. The topological polar surface area (TPSA) is 97.4 Å². The lowest BCUT2D eigenvalue weighted by atomic mass is 10.0. The Bertz CT molecular complexity index is 519. The van der Waals surface area contributed by atoms with Gasteiger partial charge in [0.1, 0.15) is 6.54 Å². The molecule has 0 spiro atoms. The molecular formula is C16H27FINO8. The summed E-state index contributed by atoms with van der Waals surface area (Å²) in [6.07, 6.45) is -4.20. The van der Waals surface area contributed by atoms with Crippen molar-refractivity contribution in [2.24, 2.45) is 0 Å². The number of carbonyl (C=O) groups excluding carboxylic acids is 3. The molecule has 27 heavy (non-hydrogen) atoms. The van der Waals surface area contributed by atoms with E-state index in [1.807, 2.05) is 0 Å². The number of quaternary nitrogens is 1. The molecule has 1 aliphatic rings. The summed E-state index contributed by atoms with van der Waals surface area (Å²) in [5, 5.41) is 0. The molecule has 0 aromatic heterocycles. The molecule has 0 N–H and O–H groups in total. The summed E-state index contributed by atoms with van der Waals surface area (Å²) >= 11 is 0. The summed E-state index contributed by atoms with van der Waals surface area (Å²) in [5.41, 5.74) is 0. The molecule has 4 atom stereocenters. The van der Waals surface area contributed by atoms with Crippen LogP contribution in [0, 0.1) is 0 Å². The molecule has 1 saturated heterocycles. The van der Waals surface area contributed by atoms with E-state index >= 15 is 0 Å². The molecule has 0 aromatic rings. The molecule has 1 fully saturated rings. The molecule has 0 amide bonds. The zero-order chi connectivity index (χ0) is 19.9. The molecule has 0 bridgehead atoms. The standard InChI is InChI=1S/C16H27FNO8.HI/c1-10(19)24-13-8-23-16(22-7-6-18(4,5)9-17)15(26-12(3)21)14(13)25-11(2)20;/h13-16H,6-9H2,1-5H3;1H/q+1;/p-1/t13-,14+,15-,16+;/m1./s1. The van der Waals surface area contributed by atoms with E-state index in [1.165, 1.54) is 20.8 Å². The van der Waals surface area contributed by atoms with Crippen molar-refractivity contribution in [1.82, 2.24) is 0 Å². The number of halogens is 2. The number of nitrogens with zero attached hydrogens (tertiary/aromatic N) is 1. The van der Waals surface area contributed by atoms with Gasteiger partial charge in [0.25, 0.3) is 0 Å². The highest BCUT2D eigenvalue weighted by molar-refractivity contribution is 5.68. The summed E-state index contributed by atoms with van der Waals surface area (Å²) in [4.78, 5) is 34.2. The van der Waals surface area contributed by atoms with Crippen LogP contribution in [0.5, 0.6) is 0 Å². The predicted octanol–water partition coefficient (Wildman–Crippen LogP) is -2.84. The highest BCUT2D eigenvalue weighted by Crippen LogP contribution is 2.25. The van der Waals surface area contributed by atoms with Gasteiger partial charge in [0.15, 0.2) is 24.6 Å². The lowest BCUT2D eigenvalue weighted by molar-refractivity contribution is -0.903. The van der Waals surface area contributed by atoms with Crippen LogP contribution < -0.4 is 24.0 Å². The molecular weight excluding hydrogens is 480 g/mol. The molecule has 1 aliphatic heterocycles. The molecule has 1 heterocycles. The monoisotopic (exact) mass is 507 g/mol. The van der Waals surface area contributed by atoms with Gasteiger partial charge in [-0.1, -0.05) is 0 Å². The highest BCUT2D eigenvalue weighted by Gasteiger charge is 2.47. The first-order valence-corrected chi connectivity index (χ1v) is 8.18. The SMILES string of the molecule is CC(=O)O[C@@H]1[C@@H](OC(C)=O)[C@@H](OCC[N+](C)(C)CF)OC[C@H]1OC(C)=O.[I-]. The maximum absolute atomic E-state index is 12.9. The normalized spacial score (nSPS) is 25.1. The second kappa shape index (κ2) is 11.7. The summed E-state index contributed by atoms with van der Waals surface area (Å²) in [7, 11) is 3.38. The number of hydrogen-bond donors (Lipinski definition) is 0. The summed E-state index contributed by atoms with van der Waals surface area (Å²) < 4.78 is 39.5. The van der Waals surface area contributed by atoms with Crippen LogP contribution in [0.25, 0.3) is 0 Å². The van der Waals surface area contributed by atoms with Crippen molar-refractivity contribution in [3.63, 3.8) is 0 Å². The minimum atomic E-state index is -1.13. The van der Waals surface area contributed by atoms with E-state index in [4.69, 9.17) is 23.7 Å². The Kier molecular flexibility index (Phi) is 11.3. The molecule has 0 unspecified atom stereocenters. The maximum atomic E-state index is 12.9. The first-order valence-electron chi connectivity index (χ1n) is 8.18. The van der Waals surface area contributed by atoms with Crippen LogP contribution in [0.2, 0.25) is 0 Å². The van der Waals surface area contributed by atoms with Gasteiger partial charge in [-0.05, 0) is 0 Å². The minimum Gasteiger partial charge on any atom is -1.00 e. The van der Waals surface area contributed by atoms with Gasteiger partial charge in [-0.2, -0.15) is 4.39 Å². The number of rotatable bonds is 8. The Balaban J connectivity index is 0.00000676. The third kappa shape index (κ3) is 9.12. The average Bonchev–Trinajstić information content (AvgIpc) is 2.51. The third-order valence-electron chi connectivity index (χ3n) is 3.61. The molecule has 0 aromatic carbocycles. The van der Waals surface area contributed by atoms with Crippen molar-refractivity contribution in [2.45, 2.75) is 45.4 Å². The van der Waals surface area contributed by atoms with Gasteiger partial charge in [-0.15, -0.1) is 0 Å². The summed E-state index contributed by atoms with van der Waals surface area (Å²) in [5.74, 6) is -1.88. The van der Waals surface area contributed by atoms with E-state index in [2.05, 4.69) is 0 Å². The van der Waals surface area contributed by atoms with Crippen molar-refractivity contribution in [1.29, 1.82) is 0 Å². The van der Waals surface area contributed by atoms with Gasteiger partial charge >= 0.3 is 17.9 Å². The zero-order valence-corrected chi connectivity index (χ0v) is 18.3. The molecule has 11 heteroatoms. The quantitative estimate of drug-likeness (QED) is 0.114. The van der Waals surface area contributed by atoms with Crippen LogP contribution in [0.3, 0.4) is 0 Å². The number of ether oxygens (including phenoxy) is 5. The van der Waals surface area contributed by atoms with Crippen molar-refractivity contribution in [2.75, 3.05) is 40.7 Å². The Morgan fingerprint density at radius 1 is 1.00 bits per heavy atom. The van der Waals surface area contributed by atoms with Crippen LogP contribution in [0.1, 0.15) is 20.8 Å². The van der Waals surface area contributed by atoms with Crippen LogP contribution >= 0.6 is 0 Å². The lowest BCUT2D eigenvalue weighted by Crippen LogP contribution is -3.00. The van der Waals surface area contributed by atoms with Crippen molar-refractivity contribution >= 4 is 17.9 Å². The van der Waals surface area contributed by atoms with E-state index in [0.29, 0.717) is 6.54 Å². The van der Waals surface area contributed by atoms with E-state index in [1.54, 1.807) is 14.1 Å². The smallest absolute Gasteiger partial charge is 0.303 e.